The fraction of sp³-hybridized carbons (Fsp3) is 0.429. The maximum Gasteiger partial charge on any atom is 0.250 e. The van der Waals surface area contributed by atoms with Crippen molar-refractivity contribution >= 4 is 25.9 Å². The molecule has 6 nitrogen and oxygen atoms in total. The minimum absolute atomic E-state index is 0.181. The Morgan fingerprint density at radius 3 is 2.60 bits per heavy atom. The maximum atomic E-state index is 6.37. The lowest BCUT2D eigenvalue weighted by molar-refractivity contribution is 0.299. The molecule has 35 heavy (non-hydrogen) atoms. The normalized spacial score (nSPS) is 13.4. The van der Waals surface area contributed by atoms with Gasteiger partial charge < -0.3 is 14.5 Å². The number of rotatable bonds is 10. The number of fused-ring (bicyclic) bond motifs is 1. The van der Waals surface area contributed by atoms with Gasteiger partial charge in [0.2, 0.25) is 8.32 Å². The van der Waals surface area contributed by atoms with Crippen molar-refractivity contribution in [2.45, 2.75) is 64.7 Å². The van der Waals surface area contributed by atoms with Gasteiger partial charge in [-0.2, -0.15) is 5.10 Å². The lowest BCUT2D eigenvalue weighted by atomic mass is 10.0. The number of aryl methyl sites for hydroxylation is 1. The average molecular weight is 491 g/mol. The maximum absolute atomic E-state index is 6.37. The fourth-order valence-corrected chi connectivity index (χ4v) is 4.81. The molecule has 0 radical (unpaired) electrons. The number of nitrogens with one attached hydrogen (secondary N) is 1. The summed E-state index contributed by atoms with van der Waals surface area (Å²) in [6.07, 6.45) is 8.82. The van der Waals surface area contributed by atoms with Gasteiger partial charge in [0.05, 0.1) is 18.5 Å². The van der Waals surface area contributed by atoms with Gasteiger partial charge in [-0.3, -0.25) is 9.67 Å². The Hall–Kier alpha value is -3.06. The molecule has 0 bridgehead atoms. The van der Waals surface area contributed by atoms with Crippen molar-refractivity contribution in [2.24, 2.45) is 4.99 Å². The summed E-state index contributed by atoms with van der Waals surface area (Å²) in [5, 5.41) is 8.11. The molecule has 2 aromatic carbocycles. The van der Waals surface area contributed by atoms with Crippen LogP contribution in [0.15, 0.2) is 59.9 Å². The topological polar surface area (TPSA) is 60.7 Å². The number of aliphatic imine (C=N–C) groups is 1. The van der Waals surface area contributed by atoms with Crippen LogP contribution in [0.25, 0.3) is 0 Å². The van der Waals surface area contributed by atoms with Gasteiger partial charge in [0.15, 0.2) is 0 Å². The number of anilines is 2. The second-order valence-electron chi connectivity index (χ2n) is 10.7. The summed E-state index contributed by atoms with van der Waals surface area (Å²) >= 11 is 0. The number of hydrogen-bond donors (Lipinski definition) is 1. The highest BCUT2D eigenvalue weighted by Crippen LogP contribution is 2.37. The summed E-state index contributed by atoms with van der Waals surface area (Å²) in [4.78, 5) is 4.36. The first-order valence-electron chi connectivity index (χ1n) is 12.5. The second-order valence-corrected chi connectivity index (χ2v) is 15.4. The number of ether oxygens (including phenoxy) is 1. The summed E-state index contributed by atoms with van der Waals surface area (Å²) < 4.78 is 14.4. The minimum Gasteiger partial charge on any atom is -0.544 e. The van der Waals surface area contributed by atoms with E-state index < -0.39 is 8.32 Å². The molecule has 0 fully saturated rings. The molecule has 1 aliphatic rings. The highest BCUT2D eigenvalue weighted by Gasteiger charge is 2.38. The van der Waals surface area contributed by atoms with Gasteiger partial charge >= 0.3 is 0 Å². The molecule has 0 saturated heterocycles. The quantitative estimate of drug-likeness (QED) is 0.249. The van der Waals surface area contributed by atoms with Crippen molar-refractivity contribution in [3.05, 3.63) is 66.0 Å². The zero-order valence-electron chi connectivity index (χ0n) is 21.7. The lowest BCUT2D eigenvalue weighted by Crippen LogP contribution is -2.43. The van der Waals surface area contributed by atoms with Crippen LogP contribution >= 0.6 is 0 Å². The Morgan fingerprint density at radius 1 is 1.03 bits per heavy atom. The third kappa shape index (κ3) is 6.54. The minimum atomic E-state index is -1.83. The van der Waals surface area contributed by atoms with Crippen LogP contribution < -0.4 is 14.5 Å². The first kappa shape index (κ1) is 25.0. The third-order valence-electron chi connectivity index (χ3n) is 6.89. The first-order valence-corrected chi connectivity index (χ1v) is 15.5. The molecule has 1 aromatic heterocycles. The molecule has 186 valence electrons. The lowest BCUT2D eigenvalue weighted by Gasteiger charge is -2.36. The van der Waals surface area contributed by atoms with Crippen molar-refractivity contribution in [3.63, 3.8) is 0 Å². The van der Waals surface area contributed by atoms with Crippen molar-refractivity contribution < 1.29 is 9.16 Å². The van der Waals surface area contributed by atoms with E-state index in [0.717, 1.165) is 55.2 Å². The van der Waals surface area contributed by atoms with E-state index in [9.17, 15) is 0 Å². The zero-order valence-corrected chi connectivity index (χ0v) is 22.7. The van der Waals surface area contributed by atoms with Gasteiger partial charge in [0.1, 0.15) is 11.5 Å². The molecule has 0 atom stereocenters. The Bertz CT molecular complexity index is 1150. The SMILES string of the molecule is CC(C)(C)[Si](C)(C)Oc1ccc(Nc2cnn(CCCCOc3cccc4c3CCN=C4)c2)cc1. The highest BCUT2D eigenvalue weighted by atomic mass is 28.4. The smallest absolute Gasteiger partial charge is 0.250 e. The third-order valence-corrected chi connectivity index (χ3v) is 11.2. The molecule has 3 aromatic rings. The van der Waals surface area contributed by atoms with Crippen LogP contribution in [0.2, 0.25) is 18.1 Å². The standard InChI is InChI=1S/C28H38N4O2Si/c1-28(2,3)35(4,5)34-25-13-11-23(12-14-25)31-24-20-30-32(21-24)17-6-7-18-33-27-10-8-9-22-19-29-16-15-26(22)27/h8-14,19-21,31H,6-7,15-18H2,1-5H3. The van der Waals surface area contributed by atoms with Gasteiger partial charge in [-0.25, -0.2) is 0 Å². The first-order chi connectivity index (χ1) is 16.7. The number of aromatic nitrogens is 2. The van der Waals surface area contributed by atoms with Crippen molar-refractivity contribution in [1.29, 1.82) is 0 Å². The van der Waals surface area contributed by atoms with E-state index in [0.29, 0.717) is 6.61 Å². The van der Waals surface area contributed by atoms with E-state index >= 15 is 0 Å². The van der Waals surface area contributed by atoms with Crippen LogP contribution in [-0.2, 0) is 13.0 Å². The zero-order chi connectivity index (χ0) is 24.9. The largest absolute Gasteiger partial charge is 0.544 e. The molecule has 1 aliphatic heterocycles. The Morgan fingerprint density at radius 2 is 1.83 bits per heavy atom. The van der Waals surface area contributed by atoms with Gasteiger partial charge in [-0.1, -0.05) is 32.9 Å². The molecule has 7 heteroatoms. The average Bonchev–Trinajstić information content (AvgIpc) is 3.26. The van der Waals surface area contributed by atoms with Crippen LogP contribution in [0.1, 0.15) is 44.7 Å². The molecule has 4 rings (SSSR count). The van der Waals surface area contributed by atoms with Gasteiger partial charge in [-0.15, -0.1) is 0 Å². The van der Waals surface area contributed by atoms with Crippen molar-refractivity contribution in [3.8, 4) is 11.5 Å². The van der Waals surface area contributed by atoms with Crippen LogP contribution in [0.3, 0.4) is 0 Å². The van der Waals surface area contributed by atoms with Crippen LogP contribution in [-0.4, -0.2) is 37.5 Å². The second kappa shape index (κ2) is 10.7. The molecular weight excluding hydrogens is 452 g/mol. The van der Waals surface area contributed by atoms with E-state index in [-0.39, 0.29) is 5.04 Å². The van der Waals surface area contributed by atoms with Crippen molar-refractivity contribution in [2.75, 3.05) is 18.5 Å². The van der Waals surface area contributed by atoms with Gasteiger partial charge in [0.25, 0.3) is 0 Å². The predicted octanol–water partition coefficient (Wildman–Crippen LogP) is 6.84. The summed E-state index contributed by atoms with van der Waals surface area (Å²) in [7, 11) is -1.83. The van der Waals surface area contributed by atoms with Crippen LogP contribution in [0, 0.1) is 0 Å². The number of nitrogens with zero attached hydrogens (tertiary/aromatic N) is 3. The van der Waals surface area contributed by atoms with E-state index in [1.165, 1.54) is 11.1 Å². The summed E-state index contributed by atoms with van der Waals surface area (Å²) in [6.45, 7) is 13.7. The van der Waals surface area contributed by atoms with E-state index in [1.807, 2.05) is 41.5 Å². The molecule has 2 heterocycles. The summed E-state index contributed by atoms with van der Waals surface area (Å²) in [6, 6.07) is 14.4. The molecular formula is C28H38N4O2Si. The highest BCUT2D eigenvalue weighted by molar-refractivity contribution is 6.74. The van der Waals surface area contributed by atoms with E-state index in [1.54, 1.807) is 0 Å². The van der Waals surface area contributed by atoms with E-state index in [4.69, 9.17) is 9.16 Å². The number of benzene rings is 2. The van der Waals surface area contributed by atoms with E-state index in [2.05, 4.69) is 73.5 Å². The van der Waals surface area contributed by atoms with Gasteiger partial charge in [0, 0.05) is 36.8 Å². The predicted molar refractivity (Wildman–Crippen MR) is 147 cm³/mol. The van der Waals surface area contributed by atoms with Crippen LogP contribution in [0.4, 0.5) is 11.4 Å². The molecule has 0 aliphatic carbocycles. The molecule has 0 amide bonds. The summed E-state index contributed by atoms with van der Waals surface area (Å²) in [5.74, 6) is 1.93. The molecule has 0 spiro atoms. The van der Waals surface area contributed by atoms with Gasteiger partial charge in [-0.05, 0) is 73.3 Å². The Balaban J connectivity index is 1.21. The fourth-order valence-electron chi connectivity index (χ4n) is 3.77. The van der Waals surface area contributed by atoms with Crippen molar-refractivity contribution in [1.82, 2.24) is 9.78 Å². The van der Waals surface area contributed by atoms with Crippen LogP contribution in [0.5, 0.6) is 11.5 Å². The molecule has 0 unspecified atom stereocenters. The number of unbranched alkanes of at least 4 members (excludes halogenated alkanes) is 1. The monoisotopic (exact) mass is 490 g/mol. The summed E-state index contributed by atoms with van der Waals surface area (Å²) in [5.41, 5.74) is 4.47. The Kier molecular flexibility index (Phi) is 7.65. The Labute approximate surface area is 210 Å². The molecule has 0 saturated carbocycles. The number of hydrogen-bond acceptors (Lipinski definition) is 5. The molecule has 1 N–H and O–H groups in total.